The number of carbonyl (C=O) groups excluding carboxylic acids is 1. The first kappa shape index (κ1) is 19.3. The number of hydrogen-bond acceptors (Lipinski definition) is 7. The van der Waals surface area contributed by atoms with Crippen molar-refractivity contribution < 1.29 is 14.5 Å². The molecule has 27 heavy (non-hydrogen) atoms. The summed E-state index contributed by atoms with van der Waals surface area (Å²) in [7, 11) is 1.99. The number of nitro benzene ring substituents is 1. The van der Waals surface area contributed by atoms with Crippen molar-refractivity contribution in [1.29, 1.82) is 0 Å². The number of piperidine rings is 1. The van der Waals surface area contributed by atoms with Crippen molar-refractivity contribution in [3.63, 3.8) is 0 Å². The highest BCUT2D eigenvalue weighted by molar-refractivity contribution is 7.22. The number of fused-ring (bicyclic) bond motifs is 1. The predicted molar refractivity (Wildman–Crippen MR) is 106 cm³/mol. The van der Waals surface area contributed by atoms with Gasteiger partial charge in [-0.05, 0) is 39.7 Å². The summed E-state index contributed by atoms with van der Waals surface area (Å²) >= 11 is 1.52. The zero-order chi connectivity index (χ0) is 19.8. The third-order valence-corrected chi connectivity index (χ3v) is 5.66. The quantitative estimate of drug-likeness (QED) is 0.578. The van der Waals surface area contributed by atoms with Crippen molar-refractivity contribution >= 4 is 38.5 Å². The molecule has 0 saturated carbocycles. The highest BCUT2D eigenvalue weighted by Crippen LogP contribution is 2.33. The fourth-order valence-electron chi connectivity index (χ4n) is 3.09. The number of carbonyl (C=O) groups is 1. The zero-order valence-corrected chi connectivity index (χ0v) is 16.8. The number of likely N-dealkylation sites (tertiary alicyclic amines) is 1. The maximum atomic E-state index is 12.2. The second kappa shape index (κ2) is 7.30. The van der Waals surface area contributed by atoms with Gasteiger partial charge >= 0.3 is 6.09 Å². The van der Waals surface area contributed by atoms with E-state index in [2.05, 4.69) is 9.88 Å². The molecule has 146 valence electrons. The van der Waals surface area contributed by atoms with Gasteiger partial charge in [0.15, 0.2) is 5.13 Å². The van der Waals surface area contributed by atoms with Gasteiger partial charge in [0.25, 0.3) is 5.69 Å². The van der Waals surface area contributed by atoms with Crippen LogP contribution in [0.2, 0.25) is 0 Å². The minimum Gasteiger partial charge on any atom is -0.444 e. The van der Waals surface area contributed by atoms with Crippen LogP contribution in [0.25, 0.3) is 10.2 Å². The summed E-state index contributed by atoms with van der Waals surface area (Å²) < 4.78 is 6.36. The Kier molecular flexibility index (Phi) is 5.23. The monoisotopic (exact) mass is 392 g/mol. The van der Waals surface area contributed by atoms with Crippen LogP contribution in [-0.2, 0) is 4.74 Å². The van der Waals surface area contributed by atoms with E-state index in [1.807, 2.05) is 27.8 Å². The molecular formula is C18H24N4O4S. The topological polar surface area (TPSA) is 88.8 Å². The van der Waals surface area contributed by atoms with Crippen LogP contribution in [0.15, 0.2) is 18.2 Å². The highest BCUT2D eigenvalue weighted by atomic mass is 32.1. The third kappa shape index (κ3) is 4.47. The maximum Gasteiger partial charge on any atom is 0.410 e. The van der Waals surface area contributed by atoms with Crippen LogP contribution in [0.1, 0.15) is 33.6 Å². The number of thiazole rings is 1. The Bertz CT molecular complexity index is 853. The molecular weight excluding hydrogens is 368 g/mol. The van der Waals surface area contributed by atoms with Gasteiger partial charge in [0, 0.05) is 38.3 Å². The minimum absolute atomic E-state index is 0.0488. The van der Waals surface area contributed by atoms with E-state index in [0.29, 0.717) is 18.6 Å². The Labute approximate surface area is 161 Å². The Morgan fingerprint density at radius 1 is 1.37 bits per heavy atom. The van der Waals surface area contributed by atoms with Crippen molar-refractivity contribution in [3.05, 3.63) is 28.3 Å². The Morgan fingerprint density at radius 2 is 2.04 bits per heavy atom. The number of aromatic nitrogens is 1. The fraction of sp³-hybridized carbons (Fsp3) is 0.556. The molecule has 1 aromatic carbocycles. The van der Waals surface area contributed by atoms with Crippen LogP contribution in [0, 0.1) is 10.1 Å². The number of nitro groups is 1. The van der Waals surface area contributed by atoms with Gasteiger partial charge in [0.1, 0.15) is 5.60 Å². The molecule has 1 aliphatic heterocycles. The Morgan fingerprint density at radius 3 is 2.63 bits per heavy atom. The summed E-state index contributed by atoms with van der Waals surface area (Å²) in [5.74, 6) is 0. The highest BCUT2D eigenvalue weighted by Gasteiger charge is 2.29. The molecule has 2 aromatic rings. The lowest BCUT2D eigenvalue weighted by Gasteiger charge is -2.37. The van der Waals surface area contributed by atoms with E-state index in [1.165, 1.54) is 23.5 Å². The molecule has 0 radical (unpaired) electrons. The number of anilines is 1. The van der Waals surface area contributed by atoms with Gasteiger partial charge in [-0.1, -0.05) is 11.3 Å². The summed E-state index contributed by atoms with van der Waals surface area (Å²) in [6.45, 7) is 6.87. The van der Waals surface area contributed by atoms with Gasteiger partial charge in [0.05, 0.1) is 15.1 Å². The van der Waals surface area contributed by atoms with Crippen molar-refractivity contribution in [2.24, 2.45) is 0 Å². The molecule has 0 spiro atoms. The van der Waals surface area contributed by atoms with Crippen LogP contribution in [0.3, 0.4) is 0 Å². The Hall–Kier alpha value is -2.42. The minimum atomic E-state index is -0.492. The van der Waals surface area contributed by atoms with Crippen molar-refractivity contribution in [1.82, 2.24) is 9.88 Å². The smallest absolute Gasteiger partial charge is 0.410 e. The molecule has 1 saturated heterocycles. The summed E-state index contributed by atoms with van der Waals surface area (Å²) in [6, 6.07) is 5.02. The van der Waals surface area contributed by atoms with Crippen LogP contribution in [-0.4, -0.2) is 52.7 Å². The van der Waals surface area contributed by atoms with Gasteiger partial charge in [0.2, 0.25) is 0 Å². The molecule has 1 fully saturated rings. The fourth-order valence-corrected chi connectivity index (χ4v) is 4.07. The molecule has 0 unspecified atom stereocenters. The molecule has 0 bridgehead atoms. The Balaban J connectivity index is 1.65. The molecule has 1 amide bonds. The van der Waals surface area contributed by atoms with E-state index in [-0.39, 0.29) is 17.8 Å². The lowest BCUT2D eigenvalue weighted by molar-refractivity contribution is -0.384. The summed E-state index contributed by atoms with van der Waals surface area (Å²) in [6.07, 6.45) is 1.38. The van der Waals surface area contributed by atoms with Crippen molar-refractivity contribution in [3.8, 4) is 0 Å². The zero-order valence-electron chi connectivity index (χ0n) is 16.0. The maximum absolute atomic E-state index is 12.2. The average Bonchev–Trinajstić information content (AvgIpc) is 3.02. The molecule has 1 aliphatic rings. The van der Waals surface area contributed by atoms with Crippen LogP contribution < -0.4 is 4.90 Å². The van der Waals surface area contributed by atoms with Crippen LogP contribution >= 0.6 is 11.3 Å². The molecule has 2 heterocycles. The summed E-state index contributed by atoms with van der Waals surface area (Å²) in [5.41, 5.74) is 0.198. The number of non-ortho nitro benzene ring substituents is 1. The third-order valence-electron chi connectivity index (χ3n) is 4.54. The van der Waals surface area contributed by atoms with Crippen LogP contribution in [0.4, 0.5) is 15.6 Å². The first-order valence-corrected chi connectivity index (χ1v) is 9.71. The van der Waals surface area contributed by atoms with E-state index in [0.717, 1.165) is 22.7 Å². The van der Waals surface area contributed by atoms with Crippen LogP contribution in [0.5, 0.6) is 0 Å². The van der Waals surface area contributed by atoms with Gasteiger partial charge in [-0.2, -0.15) is 0 Å². The van der Waals surface area contributed by atoms with E-state index in [9.17, 15) is 14.9 Å². The first-order valence-electron chi connectivity index (χ1n) is 8.90. The second-order valence-electron chi connectivity index (χ2n) is 7.72. The predicted octanol–water partition coefficient (Wildman–Crippen LogP) is 4.04. The van der Waals surface area contributed by atoms with Gasteiger partial charge in [-0.25, -0.2) is 9.78 Å². The van der Waals surface area contributed by atoms with Crippen molar-refractivity contribution in [2.75, 3.05) is 25.0 Å². The number of amides is 1. The molecule has 9 heteroatoms. The molecule has 8 nitrogen and oxygen atoms in total. The molecule has 0 aliphatic carbocycles. The second-order valence-corrected chi connectivity index (χ2v) is 8.72. The number of nitrogens with zero attached hydrogens (tertiary/aromatic N) is 4. The molecule has 0 atom stereocenters. The first-order chi connectivity index (χ1) is 12.6. The average molecular weight is 392 g/mol. The van der Waals surface area contributed by atoms with E-state index >= 15 is 0 Å². The van der Waals surface area contributed by atoms with Gasteiger partial charge in [-0.3, -0.25) is 10.1 Å². The van der Waals surface area contributed by atoms with E-state index < -0.39 is 10.5 Å². The van der Waals surface area contributed by atoms with E-state index in [1.54, 1.807) is 11.0 Å². The number of rotatable bonds is 3. The van der Waals surface area contributed by atoms with E-state index in [4.69, 9.17) is 4.74 Å². The summed E-state index contributed by atoms with van der Waals surface area (Å²) in [5, 5.41) is 11.8. The van der Waals surface area contributed by atoms with Crippen molar-refractivity contribution in [2.45, 2.75) is 45.3 Å². The lowest BCUT2D eigenvalue weighted by Crippen LogP contribution is -2.47. The largest absolute Gasteiger partial charge is 0.444 e. The molecule has 1 aromatic heterocycles. The normalized spacial score (nSPS) is 15.8. The standard InChI is InChI=1S/C18H24N4O4S/c1-18(2,3)26-17(23)21-9-7-12(8-10-21)20(4)16-19-14-11-13(22(24)25)5-6-15(14)27-16/h5-6,11-12H,7-10H2,1-4H3. The number of ether oxygens (including phenoxy) is 1. The number of hydrogen-bond donors (Lipinski definition) is 0. The number of benzene rings is 1. The SMILES string of the molecule is CN(c1nc2cc([N+](=O)[O-])ccc2s1)C1CCN(C(=O)OC(C)(C)C)CC1. The summed E-state index contributed by atoms with van der Waals surface area (Å²) in [4.78, 5) is 31.1. The lowest BCUT2D eigenvalue weighted by atomic mass is 10.0. The molecule has 0 N–H and O–H groups in total. The molecule has 3 rings (SSSR count). The van der Waals surface area contributed by atoms with Gasteiger partial charge < -0.3 is 14.5 Å². The van der Waals surface area contributed by atoms with Gasteiger partial charge in [-0.15, -0.1) is 0 Å².